The molecule has 1 aromatic carbocycles. The van der Waals surface area contributed by atoms with E-state index in [-0.39, 0.29) is 10.9 Å². The van der Waals surface area contributed by atoms with Crippen LogP contribution in [0.4, 0.5) is 0 Å². The average Bonchev–Trinajstić information content (AvgIpc) is 3.22. The molecule has 0 saturated carbocycles. The SMILES string of the molecule is CCCCn1c(CN(C)Cc2[nH]c3ccccc3c2C)cnc1S(=O)(=O)CC. The number of unbranched alkanes of at least 4 members (excludes halogenated alkanes) is 1. The Hall–Kier alpha value is -2.12. The monoisotopic (exact) mass is 402 g/mol. The van der Waals surface area contributed by atoms with Crippen molar-refractivity contribution in [2.75, 3.05) is 12.8 Å². The number of imidazole rings is 1. The van der Waals surface area contributed by atoms with Crippen molar-refractivity contribution in [2.45, 2.75) is 58.4 Å². The highest BCUT2D eigenvalue weighted by atomic mass is 32.2. The summed E-state index contributed by atoms with van der Waals surface area (Å²) in [6.07, 6.45) is 3.65. The first kappa shape index (κ1) is 20.6. The molecule has 152 valence electrons. The van der Waals surface area contributed by atoms with Gasteiger partial charge < -0.3 is 9.55 Å². The van der Waals surface area contributed by atoms with Crippen LogP contribution in [0.3, 0.4) is 0 Å². The van der Waals surface area contributed by atoms with Gasteiger partial charge in [-0.2, -0.15) is 0 Å². The number of aromatic nitrogens is 3. The molecule has 0 aliphatic heterocycles. The third kappa shape index (κ3) is 4.15. The molecule has 0 aliphatic carbocycles. The van der Waals surface area contributed by atoms with E-state index < -0.39 is 9.84 Å². The third-order valence-electron chi connectivity index (χ3n) is 5.22. The Bertz CT molecular complexity index is 1050. The highest BCUT2D eigenvalue weighted by Gasteiger charge is 2.22. The second-order valence-electron chi connectivity index (χ2n) is 7.39. The van der Waals surface area contributed by atoms with E-state index in [1.165, 1.54) is 16.6 Å². The van der Waals surface area contributed by atoms with Crippen LogP contribution in [0.1, 0.15) is 43.6 Å². The Labute approximate surface area is 167 Å². The van der Waals surface area contributed by atoms with Gasteiger partial charge in [-0.1, -0.05) is 38.5 Å². The van der Waals surface area contributed by atoms with Crippen molar-refractivity contribution in [3.8, 4) is 0 Å². The normalized spacial score (nSPS) is 12.3. The van der Waals surface area contributed by atoms with Crippen LogP contribution in [-0.4, -0.2) is 40.7 Å². The zero-order valence-electron chi connectivity index (χ0n) is 17.2. The summed E-state index contributed by atoms with van der Waals surface area (Å²) in [6.45, 7) is 7.99. The van der Waals surface area contributed by atoms with E-state index in [9.17, 15) is 8.42 Å². The van der Waals surface area contributed by atoms with E-state index in [1.807, 2.05) is 10.6 Å². The maximum Gasteiger partial charge on any atom is 0.227 e. The molecule has 3 rings (SSSR count). The van der Waals surface area contributed by atoms with Crippen LogP contribution in [0.2, 0.25) is 0 Å². The molecule has 28 heavy (non-hydrogen) atoms. The topological polar surface area (TPSA) is 71.0 Å². The number of sulfone groups is 1. The lowest BCUT2D eigenvalue weighted by Crippen LogP contribution is -2.21. The smallest absolute Gasteiger partial charge is 0.227 e. The van der Waals surface area contributed by atoms with E-state index in [1.54, 1.807) is 13.1 Å². The second-order valence-corrected chi connectivity index (χ2v) is 9.56. The minimum Gasteiger partial charge on any atom is -0.357 e. The summed E-state index contributed by atoms with van der Waals surface area (Å²) in [5, 5.41) is 1.45. The average molecular weight is 403 g/mol. The molecule has 0 atom stereocenters. The molecule has 0 spiro atoms. The molecule has 3 aromatic rings. The van der Waals surface area contributed by atoms with Gasteiger partial charge in [-0.15, -0.1) is 0 Å². The number of nitrogens with one attached hydrogen (secondary N) is 1. The van der Waals surface area contributed by atoms with E-state index in [0.29, 0.717) is 13.1 Å². The fourth-order valence-electron chi connectivity index (χ4n) is 3.55. The lowest BCUT2D eigenvalue weighted by Gasteiger charge is -2.18. The number of nitrogens with zero attached hydrogens (tertiary/aromatic N) is 3. The molecule has 2 aromatic heterocycles. The second kappa shape index (κ2) is 8.49. The van der Waals surface area contributed by atoms with Crippen LogP contribution in [0.25, 0.3) is 10.9 Å². The first-order valence-corrected chi connectivity index (χ1v) is 11.5. The minimum atomic E-state index is -3.33. The summed E-state index contributed by atoms with van der Waals surface area (Å²) in [4.78, 5) is 9.97. The molecule has 0 radical (unpaired) electrons. The van der Waals surface area contributed by atoms with E-state index in [0.717, 1.165) is 30.6 Å². The summed E-state index contributed by atoms with van der Waals surface area (Å²) >= 11 is 0. The number of hydrogen-bond acceptors (Lipinski definition) is 4. The van der Waals surface area contributed by atoms with Gasteiger partial charge >= 0.3 is 0 Å². The number of para-hydroxylation sites is 1. The minimum absolute atomic E-state index is 0.0691. The Morgan fingerprint density at radius 2 is 1.93 bits per heavy atom. The maximum absolute atomic E-state index is 12.4. The van der Waals surface area contributed by atoms with Gasteiger partial charge in [-0.3, -0.25) is 4.90 Å². The highest BCUT2D eigenvalue weighted by Crippen LogP contribution is 2.23. The quantitative estimate of drug-likeness (QED) is 0.589. The standard InChI is InChI=1S/C21H30N4O2S/c1-5-7-12-25-17(13-22-21(25)28(26,27)6-2)14-24(4)15-20-16(3)18-10-8-9-11-19(18)23-20/h8-11,13,23H,5-7,12,14-15H2,1-4H3. The molecule has 6 nitrogen and oxygen atoms in total. The number of fused-ring (bicyclic) bond motifs is 1. The number of rotatable bonds is 9. The number of benzene rings is 1. The van der Waals surface area contributed by atoms with Gasteiger partial charge in [0.1, 0.15) is 0 Å². The van der Waals surface area contributed by atoms with Crippen LogP contribution in [-0.2, 0) is 29.5 Å². The van der Waals surface area contributed by atoms with Crippen LogP contribution >= 0.6 is 0 Å². The molecule has 0 aliphatic rings. The molecule has 0 fully saturated rings. The summed E-state index contributed by atoms with van der Waals surface area (Å²) in [5.41, 5.74) is 4.53. The van der Waals surface area contributed by atoms with Crippen molar-refractivity contribution in [1.29, 1.82) is 0 Å². The molecule has 2 heterocycles. The number of aryl methyl sites for hydroxylation is 1. The van der Waals surface area contributed by atoms with Gasteiger partial charge in [0.05, 0.1) is 17.6 Å². The summed E-state index contributed by atoms with van der Waals surface area (Å²) in [5.74, 6) is 0.0691. The van der Waals surface area contributed by atoms with Crippen LogP contribution < -0.4 is 0 Å². The third-order valence-corrected chi connectivity index (χ3v) is 6.87. The van der Waals surface area contributed by atoms with E-state index in [2.05, 4.69) is 54.0 Å². The number of aromatic amines is 1. The van der Waals surface area contributed by atoms with Gasteiger partial charge in [0.15, 0.2) is 0 Å². The molecule has 0 unspecified atom stereocenters. The first-order chi connectivity index (χ1) is 13.4. The van der Waals surface area contributed by atoms with Crippen LogP contribution in [0, 0.1) is 6.92 Å². The van der Waals surface area contributed by atoms with E-state index >= 15 is 0 Å². The fourth-order valence-corrected chi connectivity index (χ4v) is 4.57. The van der Waals surface area contributed by atoms with Gasteiger partial charge in [0.25, 0.3) is 0 Å². The molecule has 1 N–H and O–H groups in total. The summed E-state index contributed by atoms with van der Waals surface area (Å²) in [7, 11) is -1.28. The van der Waals surface area contributed by atoms with Gasteiger partial charge in [0.2, 0.25) is 15.0 Å². The Balaban J connectivity index is 1.83. The largest absolute Gasteiger partial charge is 0.357 e. The lowest BCUT2D eigenvalue weighted by atomic mass is 10.1. The Kier molecular flexibility index (Phi) is 6.25. The fraction of sp³-hybridized carbons (Fsp3) is 0.476. The zero-order chi connectivity index (χ0) is 20.3. The van der Waals surface area contributed by atoms with Crippen molar-refractivity contribution in [3.63, 3.8) is 0 Å². The molecular weight excluding hydrogens is 372 g/mol. The van der Waals surface area contributed by atoms with Crippen molar-refractivity contribution < 1.29 is 8.42 Å². The van der Waals surface area contributed by atoms with Gasteiger partial charge in [-0.25, -0.2) is 13.4 Å². The molecule has 7 heteroatoms. The van der Waals surface area contributed by atoms with Crippen molar-refractivity contribution in [2.24, 2.45) is 0 Å². The summed E-state index contributed by atoms with van der Waals surface area (Å²) < 4.78 is 26.7. The number of hydrogen-bond donors (Lipinski definition) is 1. The van der Waals surface area contributed by atoms with Crippen LogP contribution in [0.15, 0.2) is 35.6 Å². The highest BCUT2D eigenvalue weighted by molar-refractivity contribution is 7.91. The molecule has 0 saturated heterocycles. The summed E-state index contributed by atoms with van der Waals surface area (Å²) in [6, 6.07) is 8.31. The van der Waals surface area contributed by atoms with Crippen LogP contribution in [0.5, 0.6) is 0 Å². The predicted octanol–water partition coefficient (Wildman–Crippen LogP) is 3.90. The molecule has 0 bridgehead atoms. The Morgan fingerprint density at radius 1 is 1.18 bits per heavy atom. The molecular formula is C21H30N4O2S. The maximum atomic E-state index is 12.4. The Morgan fingerprint density at radius 3 is 2.61 bits per heavy atom. The number of H-pyrrole nitrogens is 1. The molecule has 0 amide bonds. The zero-order valence-corrected chi connectivity index (χ0v) is 18.0. The first-order valence-electron chi connectivity index (χ1n) is 9.89. The van der Waals surface area contributed by atoms with Gasteiger partial charge in [0, 0.05) is 36.2 Å². The van der Waals surface area contributed by atoms with Crippen molar-refractivity contribution in [3.05, 3.63) is 47.4 Å². The van der Waals surface area contributed by atoms with E-state index in [4.69, 9.17) is 0 Å². The lowest BCUT2D eigenvalue weighted by molar-refractivity contribution is 0.303. The van der Waals surface area contributed by atoms with Crippen molar-refractivity contribution >= 4 is 20.7 Å². The van der Waals surface area contributed by atoms with Gasteiger partial charge in [-0.05, 0) is 32.0 Å². The van der Waals surface area contributed by atoms with Crippen molar-refractivity contribution in [1.82, 2.24) is 19.4 Å². The predicted molar refractivity (Wildman–Crippen MR) is 113 cm³/mol.